The smallest absolute Gasteiger partial charge is 0.226 e. The Morgan fingerprint density at radius 1 is 1.00 bits per heavy atom. The molecule has 0 aliphatic carbocycles. The van der Waals surface area contributed by atoms with Crippen molar-refractivity contribution < 1.29 is 19.0 Å². The maximum atomic E-state index is 12.3. The summed E-state index contributed by atoms with van der Waals surface area (Å²) < 4.78 is 15.9. The van der Waals surface area contributed by atoms with Crippen molar-refractivity contribution in [3.63, 3.8) is 0 Å². The molecule has 2 rings (SSSR count). The van der Waals surface area contributed by atoms with Gasteiger partial charge in [0.25, 0.3) is 0 Å². The molecule has 7 heteroatoms. The topological polar surface area (TPSA) is 68.8 Å². The normalized spacial score (nSPS) is 10.3. The molecule has 0 heterocycles. The van der Waals surface area contributed by atoms with Gasteiger partial charge in [0.1, 0.15) is 0 Å². The third-order valence-corrected chi connectivity index (χ3v) is 4.34. The minimum absolute atomic E-state index is 0.121. The van der Waals surface area contributed by atoms with Crippen LogP contribution in [0.4, 0.5) is 11.4 Å². The van der Waals surface area contributed by atoms with Gasteiger partial charge in [0.15, 0.2) is 11.5 Å². The fourth-order valence-electron chi connectivity index (χ4n) is 2.78. The monoisotopic (exact) mass is 392 g/mol. The van der Waals surface area contributed by atoms with Gasteiger partial charge in [-0.25, -0.2) is 0 Å². The number of halogens is 1. The summed E-state index contributed by atoms with van der Waals surface area (Å²) in [5, 5.41) is 6.61. The molecule has 0 spiro atoms. The number of carbonyl (C=O) groups is 1. The van der Waals surface area contributed by atoms with Crippen molar-refractivity contribution in [2.24, 2.45) is 0 Å². The molecule has 0 fully saturated rings. The van der Waals surface area contributed by atoms with E-state index in [9.17, 15) is 4.79 Å². The molecular formula is C20H25ClN2O4. The third kappa shape index (κ3) is 5.20. The molecule has 0 aliphatic rings. The predicted molar refractivity (Wildman–Crippen MR) is 109 cm³/mol. The average Bonchev–Trinajstić information content (AvgIpc) is 2.63. The number of amides is 1. The summed E-state index contributed by atoms with van der Waals surface area (Å²) in [6.07, 6.45) is 0.278. The molecule has 0 aromatic heterocycles. The molecule has 0 atom stereocenters. The van der Waals surface area contributed by atoms with Crippen molar-refractivity contribution in [2.75, 3.05) is 38.5 Å². The molecule has 0 unspecified atom stereocenters. The first-order valence-corrected chi connectivity index (χ1v) is 8.87. The number of anilines is 2. The van der Waals surface area contributed by atoms with Crippen LogP contribution in [0.1, 0.15) is 17.5 Å². The van der Waals surface area contributed by atoms with Crippen LogP contribution in [0.2, 0.25) is 5.02 Å². The number of carbonyl (C=O) groups excluding carboxylic acids is 1. The molecular weight excluding hydrogens is 368 g/mol. The first-order chi connectivity index (χ1) is 12.9. The molecule has 0 bridgehead atoms. The van der Waals surface area contributed by atoms with E-state index >= 15 is 0 Å². The number of ether oxygens (including phenoxy) is 3. The van der Waals surface area contributed by atoms with E-state index in [4.69, 9.17) is 25.8 Å². The number of methoxy groups -OCH3 is 3. The van der Waals surface area contributed by atoms with Crippen molar-refractivity contribution in [2.45, 2.75) is 20.3 Å². The number of nitrogens with one attached hydrogen (secondary N) is 2. The number of rotatable bonds is 8. The lowest BCUT2D eigenvalue weighted by Gasteiger charge is -2.15. The fraction of sp³-hybridized carbons (Fsp3) is 0.350. The lowest BCUT2D eigenvalue weighted by atomic mass is 10.1. The summed E-state index contributed by atoms with van der Waals surface area (Å²) in [6, 6.07) is 7.40. The van der Waals surface area contributed by atoms with Crippen molar-refractivity contribution >= 4 is 28.9 Å². The summed E-state index contributed by atoms with van der Waals surface area (Å²) in [5.74, 6) is 1.49. The Bertz CT molecular complexity index is 776. The maximum absolute atomic E-state index is 12.3. The standard InChI is InChI=1S/C20H25ClN2O4/c1-12-8-13(2)19(15(21)9-12)23-18(24)6-7-22-14-10-16(25-3)20(27-5)17(11-14)26-4/h8-11,22H,6-7H2,1-5H3,(H,23,24). The van der Waals surface area contributed by atoms with Crippen molar-refractivity contribution in [1.82, 2.24) is 0 Å². The van der Waals surface area contributed by atoms with Gasteiger partial charge in [-0.15, -0.1) is 0 Å². The lowest BCUT2D eigenvalue weighted by Crippen LogP contribution is -2.17. The highest BCUT2D eigenvalue weighted by molar-refractivity contribution is 6.34. The molecule has 2 aromatic carbocycles. The third-order valence-electron chi connectivity index (χ3n) is 4.04. The van der Waals surface area contributed by atoms with Gasteiger partial charge in [-0.2, -0.15) is 0 Å². The van der Waals surface area contributed by atoms with Crippen LogP contribution in [-0.4, -0.2) is 33.8 Å². The molecule has 27 heavy (non-hydrogen) atoms. The molecule has 6 nitrogen and oxygen atoms in total. The van der Waals surface area contributed by atoms with Crippen LogP contribution < -0.4 is 24.8 Å². The quantitative estimate of drug-likeness (QED) is 0.695. The van der Waals surface area contributed by atoms with E-state index in [2.05, 4.69) is 10.6 Å². The summed E-state index contributed by atoms with van der Waals surface area (Å²) in [7, 11) is 4.67. The average molecular weight is 393 g/mol. The zero-order chi connectivity index (χ0) is 20.0. The van der Waals surface area contributed by atoms with Crippen LogP contribution in [0, 0.1) is 13.8 Å². The van der Waals surface area contributed by atoms with Gasteiger partial charge in [0, 0.05) is 30.8 Å². The number of hydrogen-bond acceptors (Lipinski definition) is 5. The van der Waals surface area contributed by atoms with Crippen LogP contribution in [0.15, 0.2) is 24.3 Å². The molecule has 0 saturated carbocycles. The van der Waals surface area contributed by atoms with Crippen LogP contribution in [0.5, 0.6) is 17.2 Å². The Balaban J connectivity index is 1.99. The highest BCUT2D eigenvalue weighted by Crippen LogP contribution is 2.39. The second kappa shape index (κ2) is 9.37. The SMILES string of the molecule is COc1cc(NCCC(=O)Nc2c(C)cc(C)cc2Cl)cc(OC)c1OC. The molecule has 2 aromatic rings. The number of benzene rings is 2. The zero-order valence-electron chi connectivity index (χ0n) is 16.2. The first kappa shape index (κ1) is 20.7. The summed E-state index contributed by atoms with van der Waals surface area (Å²) in [6.45, 7) is 4.32. The van der Waals surface area contributed by atoms with Crippen LogP contribution in [0.3, 0.4) is 0 Å². The molecule has 0 saturated heterocycles. The Morgan fingerprint density at radius 2 is 1.63 bits per heavy atom. The number of hydrogen-bond donors (Lipinski definition) is 2. The first-order valence-electron chi connectivity index (χ1n) is 8.50. The van der Waals surface area contributed by atoms with Crippen molar-refractivity contribution in [3.8, 4) is 17.2 Å². The molecule has 0 aliphatic heterocycles. The summed E-state index contributed by atoms with van der Waals surface area (Å²) in [5.41, 5.74) is 3.41. The van der Waals surface area contributed by atoms with Gasteiger partial charge in [0.05, 0.1) is 32.0 Å². The van der Waals surface area contributed by atoms with E-state index in [1.807, 2.05) is 26.0 Å². The Hall–Kier alpha value is -2.60. The molecule has 1 amide bonds. The zero-order valence-corrected chi connectivity index (χ0v) is 17.0. The highest BCUT2D eigenvalue weighted by Gasteiger charge is 2.14. The lowest BCUT2D eigenvalue weighted by molar-refractivity contribution is -0.115. The van der Waals surface area contributed by atoms with Crippen molar-refractivity contribution in [3.05, 3.63) is 40.4 Å². The van der Waals surface area contributed by atoms with Gasteiger partial charge in [0.2, 0.25) is 11.7 Å². The molecule has 2 N–H and O–H groups in total. The van der Waals surface area contributed by atoms with Gasteiger partial charge >= 0.3 is 0 Å². The van der Waals surface area contributed by atoms with E-state index in [-0.39, 0.29) is 12.3 Å². The molecule has 0 radical (unpaired) electrons. The van der Waals surface area contributed by atoms with E-state index in [1.54, 1.807) is 33.5 Å². The van der Waals surface area contributed by atoms with Crippen LogP contribution in [-0.2, 0) is 4.79 Å². The van der Waals surface area contributed by atoms with Gasteiger partial charge in [-0.05, 0) is 31.0 Å². The van der Waals surface area contributed by atoms with Gasteiger partial charge in [-0.1, -0.05) is 17.7 Å². The second-order valence-electron chi connectivity index (χ2n) is 6.08. The van der Waals surface area contributed by atoms with E-state index in [0.717, 1.165) is 16.8 Å². The van der Waals surface area contributed by atoms with E-state index < -0.39 is 0 Å². The van der Waals surface area contributed by atoms with E-state index in [0.29, 0.717) is 34.5 Å². The van der Waals surface area contributed by atoms with Crippen LogP contribution >= 0.6 is 11.6 Å². The highest BCUT2D eigenvalue weighted by atomic mass is 35.5. The largest absolute Gasteiger partial charge is 0.493 e. The Kier molecular flexibility index (Phi) is 7.19. The fourth-order valence-corrected chi connectivity index (χ4v) is 3.15. The summed E-state index contributed by atoms with van der Waals surface area (Å²) >= 11 is 6.23. The van der Waals surface area contributed by atoms with Crippen LogP contribution in [0.25, 0.3) is 0 Å². The molecule has 146 valence electrons. The second-order valence-corrected chi connectivity index (χ2v) is 6.48. The Morgan fingerprint density at radius 3 is 2.15 bits per heavy atom. The van der Waals surface area contributed by atoms with Gasteiger partial charge in [-0.3, -0.25) is 4.79 Å². The Labute approximate surface area is 164 Å². The van der Waals surface area contributed by atoms with E-state index in [1.165, 1.54) is 0 Å². The van der Waals surface area contributed by atoms with Gasteiger partial charge < -0.3 is 24.8 Å². The maximum Gasteiger partial charge on any atom is 0.226 e. The minimum Gasteiger partial charge on any atom is -0.493 e. The summed E-state index contributed by atoms with van der Waals surface area (Å²) in [4.78, 5) is 12.3. The minimum atomic E-state index is -0.121. The predicted octanol–water partition coefficient (Wildman–Crippen LogP) is 4.42. The van der Waals surface area contributed by atoms with Crippen molar-refractivity contribution in [1.29, 1.82) is 0 Å². The number of aryl methyl sites for hydroxylation is 2.